The summed E-state index contributed by atoms with van der Waals surface area (Å²) in [4.78, 5) is 30.9. The number of aromatic nitrogens is 5. The minimum absolute atomic E-state index is 0.0311. The van der Waals surface area contributed by atoms with E-state index in [-0.39, 0.29) is 12.5 Å². The monoisotopic (exact) mass is 352 g/mol. The summed E-state index contributed by atoms with van der Waals surface area (Å²) in [5.41, 5.74) is 1.89. The Morgan fingerprint density at radius 2 is 2.08 bits per heavy atom. The van der Waals surface area contributed by atoms with E-state index in [9.17, 15) is 4.79 Å². The van der Waals surface area contributed by atoms with Gasteiger partial charge >= 0.3 is 0 Å². The molecule has 1 amide bonds. The van der Waals surface area contributed by atoms with E-state index in [0.717, 1.165) is 16.9 Å². The number of hydrogen-bond donors (Lipinski definition) is 2. The summed E-state index contributed by atoms with van der Waals surface area (Å²) >= 11 is 0. The highest BCUT2D eigenvalue weighted by atomic mass is 16.2. The van der Waals surface area contributed by atoms with Gasteiger partial charge in [0.25, 0.3) is 0 Å². The predicted molar refractivity (Wildman–Crippen MR) is 98.3 cm³/mol. The predicted octanol–water partition coefficient (Wildman–Crippen LogP) is 1.75. The summed E-state index contributed by atoms with van der Waals surface area (Å²) in [5.74, 6) is 2.73. The number of carbonyl (C=O) groups excluding carboxylic acids is 1. The van der Waals surface area contributed by atoms with Crippen LogP contribution in [-0.4, -0.2) is 43.6 Å². The van der Waals surface area contributed by atoms with E-state index in [4.69, 9.17) is 0 Å². The minimum Gasteiger partial charge on any atom is -0.337 e. The van der Waals surface area contributed by atoms with Crippen LogP contribution in [0.1, 0.15) is 25.7 Å². The highest BCUT2D eigenvalue weighted by Crippen LogP contribution is 2.24. The molecule has 3 aromatic heterocycles. The van der Waals surface area contributed by atoms with Crippen molar-refractivity contribution in [3.05, 3.63) is 30.4 Å². The standard InChI is InChI=1S/C17H20N8O/c1-10(2)25-11(3)21-12-7-19-15(6-13(12)25)22-14-4-5-18-17(23-14)24-8-16(26)20-9-24/h4-7,10H,8-9H2,1-3H3,(H,20,26)(H,18,19,22,23). The number of anilines is 3. The van der Waals surface area contributed by atoms with Gasteiger partial charge in [-0.3, -0.25) is 4.79 Å². The summed E-state index contributed by atoms with van der Waals surface area (Å²) in [6.07, 6.45) is 3.42. The Morgan fingerprint density at radius 3 is 2.81 bits per heavy atom. The second-order valence-corrected chi connectivity index (χ2v) is 6.50. The topological polar surface area (TPSA) is 101 Å². The third kappa shape index (κ3) is 2.92. The number of imidazole rings is 1. The molecule has 0 atom stereocenters. The number of nitrogens with zero attached hydrogens (tertiary/aromatic N) is 6. The Balaban J connectivity index is 1.63. The second-order valence-electron chi connectivity index (χ2n) is 6.50. The van der Waals surface area contributed by atoms with Gasteiger partial charge in [0.15, 0.2) is 0 Å². The van der Waals surface area contributed by atoms with Crippen LogP contribution in [0, 0.1) is 6.92 Å². The third-order valence-electron chi connectivity index (χ3n) is 4.25. The van der Waals surface area contributed by atoms with Crippen molar-refractivity contribution >= 4 is 34.5 Å². The summed E-state index contributed by atoms with van der Waals surface area (Å²) in [5, 5.41) is 5.95. The van der Waals surface area contributed by atoms with Crippen molar-refractivity contribution in [1.82, 2.24) is 29.8 Å². The summed E-state index contributed by atoms with van der Waals surface area (Å²) in [7, 11) is 0. The van der Waals surface area contributed by atoms with Gasteiger partial charge in [0.2, 0.25) is 11.9 Å². The number of amides is 1. The Kier molecular flexibility index (Phi) is 3.90. The molecule has 0 spiro atoms. The molecule has 134 valence electrons. The first kappa shape index (κ1) is 16.2. The van der Waals surface area contributed by atoms with Gasteiger partial charge < -0.3 is 20.1 Å². The smallest absolute Gasteiger partial charge is 0.241 e. The molecule has 0 unspecified atom stereocenters. The quantitative estimate of drug-likeness (QED) is 0.737. The van der Waals surface area contributed by atoms with E-state index in [2.05, 4.69) is 49.0 Å². The molecule has 0 bridgehead atoms. The lowest BCUT2D eigenvalue weighted by Crippen LogP contribution is -2.23. The second kappa shape index (κ2) is 6.25. The van der Waals surface area contributed by atoms with E-state index < -0.39 is 0 Å². The Morgan fingerprint density at radius 1 is 1.23 bits per heavy atom. The number of carbonyl (C=O) groups is 1. The molecule has 1 aliphatic rings. The lowest BCUT2D eigenvalue weighted by atomic mass is 10.3. The van der Waals surface area contributed by atoms with Crippen molar-refractivity contribution < 1.29 is 4.79 Å². The van der Waals surface area contributed by atoms with Gasteiger partial charge in [-0.25, -0.2) is 15.0 Å². The van der Waals surface area contributed by atoms with Gasteiger partial charge in [0.1, 0.15) is 29.5 Å². The average Bonchev–Trinajstić information content (AvgIpc) is 3.17. The third-order valence-corrected chi connectivity index (χ3v) is 4.25. The summed E-state index contributed by atoms with van der Waals surface area (Å²) in [6.45, 7) is 6.93. The SMILES string of the molecule is Cc1nc2cnc(Nc3ccnc(N4CNC(=O)C4)n3)cc2n1C(C)C. The first-order chi connectivity index (χ1) is 12.5. The molecule has 0 saturated carbocycles. The fraction of sp³-hybridized carbons (Fsp3) is 0.353. The average molecular weight is 352 g/mol. The molecule has 4 heterocycles. The number of hydrogen-bond acceptors (Lipinski definition) is 7. The molecule has 1 saturated heterocycles. The first-order valence-electron chi connectivity index (χ1n) is 8.47. The van der Waals surface area contributed by atoms with Crippen LogP contribution < -0.4 is 15.5 Å². The van der Waals surface area contributed by atoms with Crippen molar-refractivity contribution in [2.45, 2.75) is 26.8 Å². The Labute approximate surface area is 150 Å². The Bertz CT molecular complexity index is 980. The van der Waals surface area contributed by atoms with Crippen molar-refractivity contribution in [3.63, 3.8) is 0 Å². The van der Waals surface area contributed by atoms with Crippen LogP contribution in [-0.2, 0) is 4.79 Å². The largest absolute Gasteiger partial charge is 0.337 e. The lowest BCUT2D eigenvalue weighted by Gasteiger charge is -2.14. The fourth-order valence-electron chi connectivity index (χ4n) is 3.15. The molecule has 0 aliphatic carbocycles. The van der Waals surface area contributed by atoms with E-state index >= 15 is 0 Å². The Hall–Kier alpha value is -3.23. The van der Waals surface area contributed by atoms with Crippen molar-refractivity contribution in [2.24, 2.45) is 0 Å². The number of pyridine rings is 1. The van der Waals surface area contributed by atoms with Crippen LogP contribution in [0.25, 0.3) is 11.0 Å². The van der Waals surface area contributed by atoms with Crippen LogP contribution in [0.15, 0.2) is 24.5 Å². The number of fused-ring (bicyclic) bond motifs is 1. The molecular formula is C17H20N8O. The van der Waals surface area contributed by atoms with Gasteiger partial charge in [-0.05, 0) is 26.8 Å². The van der Waals surface area contributed by atoms with E-state index in [1.54, 1.807) is 23.4 Å². The maximum Gasteiger partial charge on any atom is 0.241 e. The molecule has 9 heteroatoms. The molecule has 0 radical (unpaired) electrons. The molecule has 0 aromatic carbocycles. The zero-order valence-electron chi connectivity index (χ0n) is 14.9. The zero-order valence-corrected chi connectivity index (χ0v) is 14.9. The van der Waals surface area contributed by atoms with Crippen LogP contribution in [0.2, 0.25) is 0 Å². The molecule has 1 aliphatic heterocycles. The molecule has 4 rings (SSSR count). The highest BCUT2D eigenvalue weighted by Gasteiger charge is 2.21. The van der Waals surface area contributed by atoms with Gasteiger partial charge in [0.05, 0.1) is 18.4 Å². The van der Waals surface area contributed by atoms with Gasteiger partial charge in [-0.15, -0.1) is 0 Å². The molecule has 26 heavy (non-hydrogen) atoms. The maximum atomic E-state index is 11.4. The minimum atomic E-state index is -0.0311. The van der Waals surface area contributed by atoms with Crippen molar-refractivity contribution in [3.8, 4) is 0 Å². The molecule has 2 N–H and O–H groups in total. The summed E-state index contributed by atoms with van der Waals surface area (Å²) < 4.78 is 2.18. The first-order valence-corrected chi connectivity index (χ1v) is 8.47. The zero-order chi connectivity index (χ0) is 18.3. The van der Waals surface area contributed by atoms with E-state index in [1.807, 2.05) is 13.0 Å². The van der Waals surface area contributed by atoms with Crippen LogP contribution in [0.3, 0.4) is 0 Å². The normalized spacial score (nSPS) is 14.3. The lowest BCUT2D eigenvalue weighted by molar-refractivity contribution is -0.118. The van der Waals surface area contributed by atoms with Crippen molar-refractivity contribution in [1.29, 1.82) is 0 Å². The number of rotatable bonds is 4. The van der Waals surface area contributed by atoms with Gasteiger partial charge in [0, 0.05) is 18.3 Å². The van der Waals surface area contributed by atoms with Crippen molar-refractivity contribution in [2.75, 3.05) is 23.4 Å². The van der Waals surface area contributed by atoms with E-state index in [0.29, 0.717) is 30.3 Å². The highest BCUT2D eigenvalue weighted by molar-refractivity contribution is 5.84. The van der Waals surface area contributed by atoms with Gasteiger partial charge in [-0.1, -0.05) is 0 Å². The van der Waals surface area contributed by atoms with Gasteiger partial charge in [-0.2, -0.15) is 4.98 Å². The fourth-order valence-corrected chi connectivity index (χ4v) is 3.15. The van der Waals surface area contributed by atoms with Crippen LogP contribution in [0.5, 0.6) is 0 Å². The van der Waals surface area contributed by atoms with E-state index in [1.165, 1.54) is 0 Å². The van der Waals surface area contributed by atoms with Crippen LogP contribution in [0.4, 0.5) is 17.6 Å². The molecule has 3 aromatic rings. The number of nitrogens with one attached hydrogen (secondary N) is 2. The summed E-state index contributed by atoms with van der Waals surface area (Å²) in [6, 6.07) is 4.05. The molecular weight excluding hydrogens is 332 g/mol. The number of aryl methyl sites for hydroxylation is 1. The molecule has 9 nitrogen and oxygen atoms in total. The maximum absolute atomic E-state index is 11.4. The molecule has 1 fully saturated rings. The van der Waals surface area contributed by atoms with Crippen LogP contribution >= 0.6 is 0 Å².